The molecule has 0 unspecified atom stereocenters. The van der Waals surface area contributed by atoms with Crippen molar-refractivity contribution in [3.63, 3.8) is 0 Å². The van der Waals surface area contributed by atoms with Gasteiger partial charge in [0, 0.05) is 7.05 Å². The van der Waals surface area contributed by atoms with Crippen molar-refractivity contribution in [2.24, 2.45) is 12.8 Å². The molecule has 4 nitrogen and oxygen atoms in total. The lowest BCUT2D eigenvalue weighted by molar-refractivity contribution is 0.625. The highest BCUT2D eigenvalue weighted by molar-refractivity contribution is 5.24. The standard InChI is InChI=1S/C11H13FN4/c1-7-14-11(15-16(7)2)10(13)8-3-5-9(12)6-4-8/h3-6,10H,13H2,1-2H3/t10-/m0/s1. The molecule has 0 saturated heterocycles. The predicted molar refractivity (Wildman–Crippen MR) is 58.2 cm³/mol. The average molecular weight is 220 g/mol. The Bertz CT molecular complexity index is 470. The van der Waals surface area contributed by atoms with Crippen molar-refractivity contribution in [1.82, 2.24) is 14.8 Å². The number of nitrogens with zero attached hydrogens (tertiary/aromatic N) is 3. The molecule has 0 fully saturated rings. The first-order valence-corrected chi connectivity index (χ1v) is 4.96. The van der Waals surface area contributed by atoms with Gasteiger partial charge in [0.05, 0.1) is 6.04 Å². The summed E-state index contributed by atoms with van der Waals surface area (Å²) >= 11 is 0. The lowest BCUT2D eigenvalue weighted by Crippen LogP contribution is -2.14. The third kappa shape index (κ3) is 1.94. The van der Waals surface area contributed by atoms with E-state index in [9.17, 15) is 4.39 Å². The van der Waals surface area contributed by atoms with Crippen molar-refractivity contribution in [2.45, 2.75) is 13.0 Å². The predicted octanol–water partition coefficient (Wildman–Crippen LogP) is 1.31. The zero-order valence-electron chi connectivity index (χ0n) is 9.18. The van der Waals surface area contributed by atoms with E-state index < -0.39 is 6.04 Å². The summed E-state index contributed by atoms with van der Waals surface area (Å²) < 4.78 is 14.4. The Kier molecular flexibility index (Phi) is 2.70. The number of hydrogen-bond donors (Lipinski definition) is 1. The van der Waals surface area contributed by atoms with Gasteiger partial charge in [-0.2, -0.15) is 5.10 Å². The van der Waals surface area contributed by atoms with Crippen LogP contribution >= 0.6 is 0 Å². The van der Waals surface area contributed by atoms with E-state index in [-0.39, 0.29) is 5.82 Å². The van der Waals surface area contributed by atoms with Crippen LogP contribution in [0.3, 0.4) is 0 Å². The third-order valence-corrected chi connectivity index (χ3v) is 2.50. The number of benzene rings is 1. The molecule has 5 heteroatoms. The first-order valence-electron chi connectivity index (χ1n) is 4.96. The van der Waals surface area contributed by atoms with Gasteiger partial charge >= 0.3 is 0 Å². The molecule has 1 aromatic carbocycles. The lowest BCUT2D eigenvalue weighted by atomic mass is 10.1. The smallest absolute Gasteiger partial charge is 0.172 e. The molecule has 0 aliphatic heterocycles. The van der Waals surface area contributed by atoms with Crippen LogP contribution in [0.1, 0.15) is 23.3 Å². The quantitative estimate of drug-likeness (QED) is 0.830. The van der Waals surface area contributed by atoms with E-state index in [0.29, 0.717) is 5.82 Å². The third-order valence-electron chi connectivity index (χ3n) is 2.50. The minimum Gasteiger partial charge on any atom is -0.318 e. The van der Waals surface area contributed by atoms with Crippen molar-refractivity contribution >= 4 is 0 Å². The van der Waals surface area contributed by atoms with Crippen molar-refractivity contribution in [3.05, 3.63) is 47.3 Å². The van der Waals surface area contributed by atoms with Gasteiger partial charge in [-0.25, -0.2) is 9.37 Å². The Morgan fingerprint density at radius 2 is 1.94 bits per heavy atom. The van der Waals surface area contributed by atoms with E-state index in [0.717, 1.165) is 11.4 Å². The van der Waals surface area contributed by atoms with Crippen LogP contribution in [0, 0.1) is 12.7 Å². The number of aryl methyl sites for hydroxylation is 2. The van der Waals surface area contributed by atoms with E-state index in [1.54, 1.807) is 16.8 Å². The van der Waals surface area contributed by atoms with Gasteiger partial charge in [0.15, 0.2) is 5.82 Å². The zero-order chi connectivity index (χ0) is 11.7. The van der Waals surface area contributed by atoms with Gasteiger partial charge in [0.2, 0.25) is 0 Å². The maximum Gasteiger partial charge on any atom is 0.172 e. The Balaban J connectivity index is 2.31. The number of nitrogens with two attached hydrogens (primary N) is 1. The molecule has 2 N–H and O–H groups in total. The number of aromatic nitrogens is 3. The van der Waals surface area contributed by atoms with Crippen LogP contribution < -0.4 is 5.73 Å². The summed E-state index contributed by atoms with van der Waals surface area (Å²) in [6, 6.07) is 5.63. The monoisotopic (exact) mass is 220 g/mol. The number of halogens is 1. The van der Waals surface area contributed by atoms with Gasteiger partial charge in [-0.1, -0.05) is 12.1 Å². The second-order valence-corrected chi connectivity index (χ2v) is 3.67. The lowest BCUT2D eigenvalue weighted by Gasteiger charge is -2.07. The summed E-state index contributed by atoms with van der Waals surface area (Å²) in [4.78, 5) is 4.24. The van der Waals surface area contributed by atoms with Gasteiger partial charge in [-0.3, -0.25) is 4.68 Å². The van der Waals surface area contributed by atoms with Crippen LogP contribution in [0.5, 0.6) is 0 Å². The molecule has 84 valence electrons. The van der Waals surface area contributed by atoms with Crippen LogP contribution in [0.4, 0.5) is 4.39 Å². The Labute approximate surface area is 92.9 Å². The maximum atomic E-state index is 12.7. The molecule has 0 amide bonds. The molecule has 0 saturated carbocycles. The van der Waals surface area contributed by atoms with E-state index in [1.165, 1.54) is 12.1 Å². The van der Waals surface area contributed by atoms with Crippen molar-refractivity contribution < 1.29 is 4.39 Å². The van der Waals surface area contributed by atoms with Crippen LogP contribution in [-0.2, 0) is 7.05 Å². The highest BCUT2D eigenvalue weighted by atomic mass is 19.1. The maximum absolute atomic E-state index is 12.7. The zero-order valence-corrected chi connectivity index (χ0v) is 9.18. The molecule has 2 aromatic rings. The molecule has 1 aromatic heterocycles. The topological polar surface area (TPSA) is 56.7 Å². The van der Waals surface area contributed by atoms with E-state index in [1.807, 2.05) is 14.0 Å². The first kappa shape index (κ1) is 10.8. The molecule has 0 aliphatic carbocycles. The highest BCUT2D eigenvalue weighted by Gasteiger charge is 2.14. The molecule has 0 spiro atoms. The molecule has 1 atom stereocenters. The Morgan fingerprint density at radius 1 is 1.31 bits per heavy atom. The highest BCUT2D eigenvalue weighted by Crippen LogP contribution is 2.16. The molecule has 16 heavy (non-hydrogen) atoms. The SMILES string of the molecule is Cc1nc([C@@H](N)c2ccc(F)cc2)nn1C. The summed E-state index contributed by atoms with van der Waals surface area (Å²) in [6.07, 6.45) is 0. The Hall–Kier alpha value is -1.75. The molecule has 0 aliphatic rings. The minimum absolute atomic E-state index is 0.277. The van der Waals surface area contributed by atoms with Gasteiger partial charge in [-0.05, 0) is 24.6 Å². The molecule has 0 radical (unpaired) electrons. The van der Waals surface area contributed by atoms with Crippen molar-refractivity contribution in [1.29, 1.82) is 0 Å². The number of hydrogen-bond acceptors (Lipinski definition) is 3. The fourth-order valence-corrected chi connectivity index (χ4v) is 1.44. The second-order valence-electron chi connectivity index (χ2n) is 3.67. The fourth-order valence-electron chi connectivity index (χ4n) is 1.44. The summed E-state index contributed by atoms with van der Waals surface area (Å²) in [7, 11) is 1.81. The van der Waals surface area contributed by atoms with Gasteiger partial charge in [0.25, 0.3) is 0 Å². The van der Waals surface area contributed by atoms with Crippen molar-refractivity contribution in [3.8, 4) is 0 Å². The summed E-state index contributed by atoms with van der Waals surface area (Å²) in [5, 5.41) is 4.20. The molecular formula is C11H13FN4. The Morgan fingerprint density at radius 3 is 2.44 bits per heavy atom. The average Bonchev–Trinajstić information content (AvgIpc) is 2.59. The van der Waals surface area contributed by atoms with Crippen LogP contribution in [0.15, 0.2) is 24.3 Å². The molecular weight excluding hydrogens is 207 g/mol. The van der Waals surface area contributed by atoms with Crippen molar-refractivity contribution in [2.75, 3.05) is 0 Å². The van der Waals surface area contributed by atoms with E-state index >= 15 is 0 Å². The van der Waals surface area contributed by atoms with E-state index in [2.05, 4.69) is 10.1 Å². The summed E-state index contributed by atoms with van der Waals surface area (Å²) in [5.74, 6) is 1.07. The van der Waals surface area contributed by atoms with Crippen LogP contribution in [0.2, 0.25) is 0 Å². The van der Waals surface area contributed by atoms with Gasteiger partial charge in [-0.15, -0.1) is 0 Å². The van der Waals surface area contributed by atoms with Crippen LogP contribution in [0.25, 0.3) is 0 Å². The van der Waals surface area contributed by atoms with E-state index in [4.69, 9.17) is 5.73 Å². The minimum atomic E-state index is -0.416. The van der Waals surface area contributed by atoms with Gasteiger partial charge < -0.3 is 5.73 Å². The normalized spacial score (nSPS) is 12.8. The first-order chi connectivity index (χ1) is 7.58. The molecule has 2 rings (SSSR count). The molecule has 1 heterocycles. The summed E-state index contributed by atoms with van der Waals surface area (Å²) in [5.41, 5.74) is 6.79. The van der Waals surface area contributed by atoms with Crippen LogP contribution in [-0.4, -0.2) is 14.8 Å². The fraction of sp³-hybridized carbons (Fsp3) is 0.273. The number of rotatable bonds is 2. The van der Waals surface area contributed by atoms with Gasteiger partial charge in [0.1, 0.15) is 11.6 Å². The largest absolute Gasteiger partial charge is 0.318 e. The molecule has 0 bridgehead atoms. The second kappa shape index (κ2) is 4.02. The summed E-state index contributed by atoms with van der Waals surface area (Å²) in [6.45, 7) is 1.86.